The predicted octanol–water partition coefficient (Wildman–Crippen LogP) is 3.25. The van der Waals surface area contributed by atoms with Gasteiger partial charge in [-0.25, -0.2) is 0 Å². The Morgan fingerprint density at radius 2 is 2.24 bits per heavy atom. The fourth-order valence-electron chi connectivity index (χ4n) is 2.01. The molecule has 0 radical (unpaired) electrons. The first kappa shape index (κ1) is 15.7. The highest BCUT2D eigenvalue weighted by Gasteiger charge is 2.13. The first-order valence-corrected chi connectivity index (χ1v) is 7.82. The lowest BCUT2D eigenvalue weighted by atomic mass is 10.1. The minimum atomic E-state index is 0.0750. The van der Waals surface area contributed by atoms with Crippen LogP contribution in [0.1, 0.15) is 11.1 Å². The van der Waals surface area contributed by atoms with Crippen LogP contribution in [0.5, 0.6) is 5.75 Å². The van der Waals surface area contributed by atoms with Crippen LogP contribution in [-0.2, 0) is 6.54 Å². The van der Waals surface area contributed by atoms with E-state index in [1.54, 1.807) is 30.6 Å². The molecule has 0 saturated heterocycles. The summed E-state index contributed by atoms with van der Waals surface area (Å²) in [6.07, 6.45) is 0. The van der Waals surface area contributed by atoms with E-state index in [-0.39, 0.29) is 5.84 Å². The maximum absolute atomic E-state index is 8.92. The Kier molecular flexibility index (Phi) is 5.08. The van der Waals surface area contributed by atoms with Crippen LogP contribution in [-0.4, -0.2) is 25.2 Å². The number of hydrogen-bond acceptors (Lipinski definition) is 5. The molecule has 0 aliphatic rings. The van der Waals surface area contributed by atoms with Crippen molar-refractivity contribution < 1.29 is 9.94 Å². The number of hydrogen-bond donors (Lipinski definition) is 2. The van der Waals surface area contributed by atoms with Crippen LogP contribution in [0.15, 0.2) is 38.6 Å². The molecule has 2 rings (SSSR count). The Labute approximate surface area is 135 Å². The van der Waals surface area contributed by atoms with E-state index in [2.05, 4.69) is 32.5 Å². The highest BCUT2D eigenvalue weighted by molar-refractivity contribution is 9.11. The molecular weight excluding hydrogens is 354 g/mol. The van der Waals surface area contributed by atoms with Crippen molar-refractivity contribution in [2.75, 3.05) is 19.1 Å². The van der Waals surface area contributed by atoms with Gasteiger partial charge in [-0.3, -0.25) is 0 Å². The summed E-state index contributed by atoms with van der Waals surface area (Å²) in [5.74, 6) is 0.795. The SMILES string of the molecule is COc1ccc(/C(N)=N/O)c(N(C)Cc2csc(Br)c2)c1. The molecule has 0 unspecified atom stereocenters. The smallest absolute Gasteiger partial charge is 0.172 e. The average Bonchev–Trinajstić information content (AvgIpc) is 2.90. The maximum atomic E-state index is 8.92. The third-order valence-electron chi connectivity index (χ3n) is 3.04. The summed E-state index contributed by atoms with van der Waals surface area (Å²) in [6, 6.07) is 7.51. The lowest BCUT2D eigenvalue weighted by Gasteiger charge is -2.22. The van der Waals surface area contributed by atoms with Gasteiger partial charge in [-0.15, -0.1) is 11.3 Å². The zero-order chi connectivity index (χ0) is 15.4. The molecule has 7 heteroatoms. The van der Waals surface area contributed by atoms with Crippen LogP contribution in [0, 0.1) is 0 Å². The van der Waals surface area contributed by atoms with E-state index in [0.29, 0.717) is 12.1 Å². The van der Waals surface area contributed by atoms with Gasteiger partial charge < -0.3 is 20.6 Å². The van der Waals surface area contributed by atoms with E-state index < -0.39 is 0 Å². The van der Waals surface area contributed by atoms with Gasteiger partial charge in [0.1, 0.15) is 5.75 Å². The molecule has 0 atom stereocenters. The number of oxime groups is 1. The summed E-state index contributed by atoms with van der Waals surface area (Å²) >= 11 is 5.10. The van der Waals surface area contributed by atoms with E-state index in [0.717, 1.165) is 15.2 Å². The Morgan fingerprint density at radius 3 is 2.81 bits per heavy atom. The molecule has 3 N–H and O–H groups in total. The topological polar surface area (TPSA) is 71.1 Å². The van der Waals surface area contributed by atoms with Crippen LogP contribution >= 0.6 is 27.3 Å². The van der Waals surface area contributed by atoms with Gasteiger partial charge in [0.05, 0.1) is 16.6 Å². The number of ether oxygens (including phenoxy) is 1. The molecule has 0 aliphatic heterocycles. The molecule has 0 bridgehead atoms. The quantitative estimate of drug-likeness (QED) is 0.367. The zero-order valence-corrected chi connectivity index (χ0v) is 14.1. The van der Waals surface area contributed by atoms with Crippen molar-refractivity contribution in [3.8, 4) is 5.75 Å². The van der Waals surface area contributed by atoms with Crippen LogP contribution < -0.4 is 15.4 Å². The van der Waals surface area contributed by atoms with Crippen molar-refractivity contribution in [2.24, 2.45) is 10.9 Å². The predicted molar refractivity (Wildman–Crippen MR) is 89.6 cm³/mol. The molecule has 2 aromatic rings. The second-order valence-electron chi connectivity index (χ2n) is 4.48. The Bertz CT molecular complexity index is 657. The van der Waals surface area contributed by atoms with Crippen LogP contribution in [0.4, 0.5) is 5.69 Å². The minimum absolute atomic E-state index is 0.0750. The van der Waals surface area contributed by atoms with Gasteiger partial charge in [0.15, 0.2) is 5.84 Å². The fraction of sp³-hybridized carbons (Fsp3) is 0.214. The van der Waals surface area contributed by atoms with Gasteiger partial charge in [0.25, 0.3) is 0 Å². The van der Waals surface area contributed by atoms with Gasteiger partial charge >= 0.3 is 0 Å². The molecule has 1 heterocycles. The number of amidine groups is 1. The van der Waals surface area contributed by atoms with Crippen molar-refractivity contribution in [1.82, 2.24) is 0 Å². The number of methoxy groups -OCH3 is 1. The number of rotatable bonds is 5. The molecule has 5 nitrogen and oxygen atoms in total. The van der Waals surface area contributed by atoms with Crippen molar-refractivity contribution in [3.05, 3.63) is 44.6 Å². The molecule has 1 aromatic carbocycles. The van der Waals surface area contributed by atoms with Gasteiger partial charge in [0, 0.05) is 25.2 Å². The summed E-state index contributed by atoms with van der Waals surface area (Å²) in [7, 11) is 3.56. The standard InChI is InChI=1S/C14H16BrN3O2S/c1-18(7-9-5-13(15)21-8-9)12-6-10(20-2)3-4-11(12)14(16)17-19/h3-6,8,19H,7H2,1-2H3,(H2,16,17). The lowest BCUT2D eigenvalue weighted by molar-refractivity contribution is 0.318. The summed E-state index contributed by atoms with van der Waals surface area (Å²) in [4.78, 5) is 2.03. The van der Waals surface area contributed by atoms with Gasteiger partial charge in [-0.05, 0) is 45.1 Å². The number of benzene rings is 1. The van der Waals surface area contributed by atoms with Gasteiger partial charge in [-0.1, -0.05) is 5.16 Å². The molecule has 21 heavy (non-hydrogen) atoms. The summed E-state index contributed by atoms with van der Waals surface area (Å²) < 4.78 is 6.34. The molecule has 112 valence electrons. The maximum Gasteiger partial charge on any atom is 0.172 e. The minimum Gasteiger partial charge on any atom is -0.497 e. The first-order chi connectivity index (χ1) is 10.0. The number of nitrogens with two attached hydrogens (primary N) is 1. The Morgan fingerprint density at radius 1 is 1.48 bits per heavy atom. The van der Waals surface area contributed by atoms with Crippen LogP contribution in [0.2, 0.25) is 0 Å². The van der Waals surface area contributed by atoms with E-state index >= 15 is 0 Å². The normalized spacial score (nSPS) is 11.5. The molecule has 0 saturated carbocycles. The molecule has 0 spiro atoms. The number of anilines is 1. The van der Waals surface area contributed by atoms with Crippen molar-refractivity contribution in [1.29, 1.82) is 0 Å². The number of halogens is 1. The monoisotopic (exact) mass is 369 g/mol. The molecule has 0 fully saturated rings. The highest BCUT2D eigenvalue weighted by atomic mass is 79.9. The lowest BCUT2D eigenvalue weighted by Crippen LogP contribution is -2.22. The fourth-order valence-corrected chi connectivity index (χ4v) is 3.21. The van der Waals surface area contributed by atoms with E-state index in [1.807, 2.05) is 18.0 Å². The second kappa shape index (κ2) is 6.82. The van der Waals surface area contributed by atoms with Crippen molar-refractivity contribution in [2.45, 2.75) is 6.54 Å². The number of thiophene rings is 1. The Hall–Kier alpha value is -1.73. The van der Waals surface area contributed by atoms with Crippen LogP contribution in [0.25, 0.3) is 0 Å². The zero-order valence-electron chi connectivity index (χ0n) is 11.7. The van der Waals surface area contributed by atoms with E-state index in [4.69, 9.17) is 15.7 Å². The summed E-state index contributed by atoms with van der Waals surface area (Å²) in [6.45, 7) is 0.709. The first-order valence-electron chi connectivity index (χ1n) is 6.15. The molecular formula is C14H16BrN3O2S. The van der Waals surface area contributed by atoms with E-state index in [1.165, 1.54) is 5.56 Å². The molecule has 0 aliphatic carbocycles. The van der Waals surface area contributed by atoms with Gasteiger partial charge in [0.2, 0.25) is 0 Å². The second-order valence-corrected chi connectivity index (χ2v) is 6.77. The van der Waals surface area contributed by atoms with E-state index in [9.17, 15) is 0 Å². The summed E-state index contributed by atoms with van der Waals surface area (Å²) in [5, 5.41) is 14.1. The van der Waals surface area contributed by atoms with Crippen molar-refractivity contribution in [3.63, 3.8) is 0 Å². The van der Waals surface area contributed by atoms with Crippen LogP contribution in [0.3, 0.4) is 0 Å². The third kappa shape index (κ3) is 3.68. The molecule has 1 aromatic heterocycles. The number of nitrogens with zero attached hydrogens (tertiary/aromatic N) is 2. The third-order valence-corrected chi connectivity index (χ3v) is 4.59. The largest absolute Gasteiger partial charge is 0.497 e. The Balaban J connectivity index is 2.35. The van der Waals surface area contributed by atoms with Gasteiger partial charge in [-0.2, -0.15) is 0 Å². The molecule has 0 amide bonds. The highest BCUT2D eigenvalue weighted by Crippen LogP contribution is 2.28. The average molecular weight is 370 g/mol. The summed E-state index contributed by atoms with van der Waals surface area (Å²) in [5.41, 5.74) is 8.43. The van der Waals surface area contributed by atoms with Crippen molar-refractivity contribution >= 4 is 38.8 Å².